The van der Waals surface area contributed by atoms with Crippen LogP contribution in [0.15, 0.2) is 29.7 Å². The molecule has 1 N–H and O–H groups in total. The van der Waals surface area contributed by atoms with Gasteiger partial charge in [-0.15, -0.1) is 11.3 Å². The summed E-state index contributed by atoms with van der Waals surface area (Å²) in [5.74, 6) is -0.0896. The Kier molecular flexibility index (Phi) is 5.17. The molecule has 0 saturated heterocycles. The summed E-state index contributed by atoms with van der Waals surface area (Å²) in [4.78, 5) is 20.5. The molecular weight excluding hydrogens is 351 g/mol. The Morgan fingerprint density at radius 2 is 2.16 bits per heavy atom. The predicted octanol–water partition coefficient (Wildman–Crippen LogP) is 3.81. The highest BCUT2D eigenvalue weighted by Gasteiger charge is 2.35. The van der Waals surface area contributed by atoms with Crippen LogP contribution in [0.25, 0.3) is 6.08 Å². The summed E-state index contributed by atoms with van der Waals surface area (Å²) in [6.07, 6.45) is 0.465. The first-order chi connectivity index (χ1) is 11.9. The molecule has 2 aromatic rings. The summed E-state index contributed by atoms with van der Waals surface area (Å²) >= 11 is 1.51. The molecule has 1 aliphatic carbocycles. The van der Waals surface area contributed by atoms with Crippen LogP contribution in [0.5, 0.6) is 0 Å². The predicted molar refractivity (Wildman–Crippen MR) is 89.1 cm³/mol. The van der Waals surface area contributed by atoms with Gasteiger partial charge in [0.2, 0.25) is 5.91 Å². The van der Waals surface area contributed by atoms with Gasteiger partial charge in [0.05, 0.1) is 0 Å². The third-order valence-electron chi connectivity index (χ3n) is 3.67. The third-order valence-corrected chi connectivity index (χ3v) is 4.51. The Bertz CT molecular complexity index is 768. The van der Waals surface area contributed by atoms with Gasteiger partial charge in [-0.3, -0.25) is 4.79 Å². The summed E-state index contributed by atoms with van der Waals surface area (Å²) in [7, 11) is 0. The molecule has 25 heavy (non-hydrogen) atoms. The minimum atomic E-state index is -4.49. The molecule has 0 aliphatic heterocycles. The van der Waals surface area contributed by atoms with E-state index >= 15 is 0 Å². The van der Waals surface area contributed by atoms with Gasteiger partial charge in [-0.05, 0) is 36.4 Å². The lowest BCUT2D eigenvalue weighted by Gasteiger charge is -2.10. The van der Waals surface area contributed by atoms with Crippen molar-refractivity contribution < 1.29 is 18.0 Å². The molecule has 3 rings (SSSR count). The minimum absolute atomic E-state index is 0.103. The third kappa shape index (κ3) is 5.12. The molecule has 0 aromatic carbocycles. The first kappa shape index (κ1) is 17.6. The zero-order valence-corrected chi connectivity index (χ0v) is 14.0. The summed E-state index contributed by atoms with van der Waals surface area (Å²) < 4.78 is 38.8. The fourth-order valence-corrected chi connectivity index (χ4v) is 2.88. The standard InChI is InChI=1S/C17H16F3N3OS/c18-17(19,20)14-10-13(11-3-4-11)22-15(23-14)7-8-21-16(24)6-5-12-2-1-9-25-12/h1-2,5-6,9-11H,3-4,7-8H2,(H,21,24). The number of aromatic nitrogens is 2. The van der Waals surface area contributed by atoms with Crippen LogP contribution in [0.2, 0.25) is 0 Å². The lowest BCUT2D eigenvalue weighted by molar-refractivity contribution is -0.141. The van der Waals surface area contributed by atoms with Crippen molar-refractivity contribution in [1.82, 2.24) is 15.3 Å². The quantitative estimate of drug-likeness (QED) is 0.790. The zero-order valence-electron chi connectivity index (χ0n) is 13.2. The highest BCUT2D eigenvalue weighted by molar-refractivity contribution is 7.10. The van der Waals surface area contributed by atoms with Gasteiger partial charge in [0, 0.05) is 35.5 Å². The Hall–Kier alpha value is -2.22. The van der Waals surface area contributed by atoms with Crippen LogP contribution < -0.4 is 5.32 Å². The van der Waals surface area contributed by atoms with Crippen molar-refractivity contribution in [2.75, 3.05) is 6.54 Å². The number of rotatable bonds is 6. The number of nitrogens with one attached hydrogen (secondary N) is 1. The molecule has 1 saturated carbocycles. The average molecular weight is 367 g/mol. The number of thiophene rings is 1. The van der Waals surface area contributed by atoms with E-state index in [1.807, 2.05) is 17.5 Å². The fourth-order valence-electron chi connectivity index (χ4n) is 2.26. The van der Waals surface area contributed by atoms with Crippen LogP contribution in [0.3, 0.4) is 0 Å². The van der Waals surface area contributed by atoms with Gasteiger partial charge in [-0.25, -0.2) is 9.97 Å². The van der Waals surface area contributed by atoms with Gasteiger partial charge in [0.1, 0.15) is 11.5 Å². The highest BCUT2D eigenvalue weighted by atomic mass is 32.1. The zero-order chi connectivity index (χ0) is 17.9. The number of alkyl halides is 3. The summed E-state index contributed by atoms with van der Waals surface area (Å²) in [5.41, 5.74) is -0.468. The van der Waals surface area contributed by atoms with E-state index in [-0.39, 0.29) is 30.6 Å². The van der Waals surface area contributed by atoms with Crippen LogP contribution in [-0.4, -0.2) is 22.4 Å². The van der Waals surface area contributed by atoms with Crippen molar-refractivity contribution in [1.29, 1.82) is 0 Å². The largest absolute Gasteiger partial charge is 0.433 e. The van der Waals surface area contributed by atoms with E-state index in [4.69, 9.17) is 0 Å². The topological polar surface area (TPSA) is 54.9 Å². The van der Waals surface area contributed by atoms with Gasteiger partial charge in [-0.1, -0.05) is 6.07 Å². The lowest BCUT2D eigenvalue weighted by Crippen LogP contribution is -2.24. The molecule has 1 amide bonds. The number of carbonyl (C=O) groups excluding carboxylic acids is 1. The molecule has 0 spiro atoms. The number of nitrogens with zero attached hydrogens (tertiary/aromatic N) is 2. The molecule has 132 valence electrons. The van der Waals surface area contributed by atoms with Crippen molar-refractivity contribution in [3.63, 3.8) is 0 Å². The van der Waals surface area contributed by atoms with E-state index in [2.05, 4.69) is 15.3 Å². The van der Waals surface area contributed by atoms with Gasteiger partial charge in [0.25, 0.3) is 0 Å². The van der Waals surface area contributed by atoms with Gasteiger partial charge < -0.3 is 5.32 Å². The number of hydrogen-bond acceptors (Lipinski definition) is 4. The van der Waals surface area contributed by atoms with Gasteiger partial charge >= 0.3 is 6.18 Å². The molecular formula is C17H16F3N3OS. The first-order valence-corrected chi connectivity index (χ1v) is 8.74. The summed E-state index contributed by atoms with van der Waals surface area (Å²) in [6.45, 7) is 0.180. The fraction of sp³-hybridized carbons (Fsp3) is 0.353. The molecule has 8 heteroatoms. The Morgan fingerprint density at radius 1 is 1.36 bits per heavy atom. The lowest BCUT2D eigenvalue weighted by atomic mass is 10.2. The van der Waals surface area contributed by atoms with E-state index in [9.17, 15) is 18.0 Å². The second kappa shape index (κ2) is 7.35. The number of amides is 1. The van der Waals surface area contributed by atoms with Gasteiger partial charge in [0.15, 0.2) is 0 Å². The van der Waals surface area contributed by atoms with Crippen LogP contribution >= 0.6 is 11.3 Å². The van der Waals surface area contributed by atoms with Gasteiger partial charge in [-0.2, -0.15) is 13.2 Å². The molecule has 0 unspecified atom stereocenters. The molecule has 1 fully saturated rings. The number of carbonyl (C=O) groups is 1. The maximum Gasteiger partial charge on any atom is 0.433 e. The van der Waals surface area contributed by atoms with E-state index in [1.54, 1.807) is 6.08 Å². The van der Waals surface area contributed by atoms with Crippen molar-refractivity contribution in [2.45, 2.75) is 31.4 Å². The average Bonchev–Trinajstić information content (AvgIpc) is 3.28. The number of halogens is 3. The van der Waals surface area contributed by atoms with Crippen molar-refractivity contribution in [3.8, 4) is 0 Å². The Labute approximate surface area is 146 Å². The molecule has 2 aromatic heterocycles. The SMILES string of the molecule is O=C(C=Cc1cccs1)NCCc1nc(C2CC2)cc(C(F)(F)F)n1. The Balaban J connectivity index is 1.59. The second-order valence-electron chi connectivity index (χ2n) is 5.76. The van der Waals surface area contributed by atoms with E-state index < -0.39 is 11.9 Å². The maximum atomic E-state index is 12.9. The van der Waals surface area contributed by atoms with Crippen LogP contribution in [-0.2, 0) is 17.4 Å². The van der Waals surface area contributed by atoms with Crippen LogP contribution in [0.4, 0.5) is 13.2 Å². The van der Waals surface area contributed by atoms with Crippen molar-refractivity contribution >= 4 is 23.3 Å². The molecule has 0 radical (unpaired) electrons. The van der Waals surface area contributed by atoms with E-state index in [0.29, 0.717) is 5.69 Å². The normalized spacial score (nSPS) is 14.8. The molecule has 4 nitrogen and oxygen atoms in total. The molecule has 2 heterocycles. The number of hydrogen-bond donors (Lipinski definition) is 1. The smallest absolute Gasteiger partial charge is 0.352 e. The summed E-state index contributed by atoms with van der Waals surface area (Å²) in [5, 5.41) is 4.54. The Morgan fingerprint density at radius 3 is 2.80 bits per heavy atom. The highest BCUT2D eigenvalue weighted by Crippen LogP contribution is 2.40. The van der Waals surface area contributed by atoms with Crippen molar-refractivity contribution in [3.05, 3.63) is 51.7 Å². The van der Waals surface area contributed by atoms with Crippen molar-refractivity contribution in [2.24, 2.45) is 0 Å². The maximum absolute atomic E-state index is 12.9. The van der Waals surface area contributed by atoms with E-state index in [0.717, 1.165) is 23.8 Å². The summed E-state index contributed by atoms with van der Waals surface area (Å²) in [6, 6.07) is 4.79. The monoisotopic (exact) mass is 367 g/mol. The minimum Gasteiger partial charge on any atom is -0.352 e. The molecule has 0 bridgehead atoms. The van der Waals surface area contributed by atoms with Crippen LogP contribution in [0, 0.1) is 0 Å². The van der Waals surface area contributed by atoms with Crippen LogP contribution in [0.1, 0.15) is 40.8 Å². The molecule has 0 atom stereocenters. The molecule has 1 aliphatic rings. The van der Waals surface area contributed by atoms with E-state index in [1.165, 1.54) is 17.4 Å². The second-order valence-corrected chi connectivity index (χ2v) is 6.74. The first-order valence-electron chi connectivity index (χ1n) is 7.86.